The third-order valence-corrected chi connectivity index (χ3v) is 3.02. The highest BCUT2D eigenvalue weighted by Gasteiger charge is 2.40. The number of hydrogen-bond donors (Lipinski definition) is 2. The van der Waals surface area contributed by atoms with E-state index in [4.69, 9.17) is 0 Å². The van der Waals surface area contributed by atoms with E-state index in [1.165, 1.54) is 0 Å². The number of aliphatic hydroxyl groups is 2. The lowest BCUT2D eigenvalue weighted by Gasteiger charge is -2.40. The monoisotopic (exact) mass is 202 g/mol. The Bertz CT molecular complexity index is 152. The normalized spacial score (nSPS) is 30.9. The van der Waals surface area contributed by atoms with Crippen molar-refractivity contribution < 1.29 is 10.2 Å². The van der Waals surface area contributed by atoms with Crippen LogP contribution in [0.25, 0.3) is 0 Å². The Morgan fingerprint density at radius 2 is 1.64 bits per heavy atom. The Kier molecular flexibility index (Phi) is 5.68. The van der Waals surface area contributed by atoms with E-state index in [0.717, 1.165) is 12.8 Å². The molecule has 0 spiro atoms. The first kappa shape index (κ1) is 13.9. The smallest absolute Gasteiger partial charge is 0.165 e. The molecule has 0 saturated heterocycles. The maximum absolute atomic E-state index is 9.73. The van der Waals surface area contributed by atoms with Crippen molar-refractivity contribution in [2.75, 3.05) is 0 Å². The Labute approximate surface area is 88.3 Å². The molecule has 1 rings (SSSR count). The molecule has 86 valence electrons. The van der Waals surface area contributed by atoms with Gasteiger partial charge in [-0.3, -0.25) is 0 Å². The molecule has 0 aliphatic heterocycles. The van der Waals surface area contributed by atoms with Gasteiger partial charge in [0.2, 0.25) is 0 Å². The SMILES string of the molecule is CC.CC(C)[C@@H]1CC[C@@H](C)CC1(O)O. The molecular formula is C12H26O2. The predicted octanol–water partition coefficient (Wildman–Crippen LogP) is 2.79. The van der Waals surface area contributed by atoms with Crippen molar-refractivity contribution in [1.82, 2.24) is 0 Å². The minimum atomic E-state index is -1.41. The summed E-state index contributed by atoms with van der Waals surface area (Å²) in [7, 11) is 0. The second kappa shape index (κ2) is 5.72. The van der Waals surface area contributed by atoms with Gasteiger partial charge in [-0.15, -0.1) is 0 Å². The van der Waals surface area contributed by atoms with E-state index in [1.54, 1.807) is 0 Å². The van der Waals surface area contributed by atoms with Crippen molar-refractivity contribution in [1.29, 1.82) is 0 Å². The van der Waals surface area contributed by atoms with E-state index in [1.807, 2.05) is 13.8 Å². The molecule has 2 N–H and O–H groups in total. The third kappa shape index (κ3) is 3.58. The molecule has 0 heterocycles. The summed E-state index contributed by atoms with van der Waals surface area (Å²) in [6.45, 7) is 10.2. The molecule has 0 bridgehead atoms. The molecule has 2 atom stereocenters. The second-order valence-electron chi connectivity index (χ2n) is 4.62. The van der Waals surface area contributed by atoms with Crippen LogP contribution < -0.4 is 0 Å². The fraction of sp³-hybridized carbons (Fsp3) is 1.00. The van der Waals surface area contributed by atoms with Gasteiger partial charge >= 0.3 is 0 Å². The van der Waals surface area contributed by atoms with E-state index < -0.39 is 5.79 Å². The fourth-order valence-electron chi connectivity index (χ4n) is 2.33. The lowest BCUT2D eigenvalue weighted by atomic mass is 9.73. The Hall–Kier alpha value is -0.0800. The van der Waals surface area contributed by atoms with Crippen molar-refractivity contribution in [3.05, 3.63) is 0 Å². The molecule has 0 radical (unpaired) electrons. The van der Waals surface area contributed by atoms with Crippen LogP contribution in [0, 0.1) is 17.8 Å². The number of hydrogen-bond acceptors (Lipinski definition) is 2. The van der Waals surface area contributed by atoms with Gasteiger partial charge in [-0.2, -0.15) is 0 Å². The minimum Gasteiger partial charge on any atom is -0.365 e. The van der Waals surface area contributed by atoms with E-state index in [2.05, 4.69) is 20.8 Å². The summed E-state index contributed by atoms with van der Waals surface area (Å²) in [6, 6.07) is 0. The quantitative estimate of drug-likeness (QED) is 0.642. The van der Waals surface area contributed by atoms with Gasteiger partial charge < -0.3 is 10.2 Å². The van der Waals surface area contributed by atoms with Crippen molar-refractivity contribution in [2.24, 2.45) is 17.8 Å². The van der Waals surface area contributed by atoms with Gasteiger partial charge in [0, 0.05) is 12.3 Å². The number of rotatable bonds is 1. The molecule has 1 aliphatic carbocycles. The maximum Gasteiger partial charge on any atom is 0.165 e. The average molecular weight is 202 g/mol. The van der Waals surface area contributed by atoms with Gasteiger partial charge in [0.25, 0.3) is 0 Å². The molecule has 0 aromatic carbocycles. The summed E-state index contributed by atoms with van der Waals surface area (Å²) in [5, 5.41) is 19.5. The van der Waals surface area contributed by atoms with E-state index >= 15 is 0 Å². The topological polar surface area (TPSA) is 40.5 Å². The first-order valence-corrected chi connectivity index (χ1v) is 5.88. The van der Waals surface area contributed by atoms with Crippen LogP contribution in [0.2, 0.25) is 0 Å². The molecule has 0 unspecified atom stereocenters. The van der Waals surface area contributed by atoms with Crippen LogP contribution in [0.5, 0.6) is 0 Å². The standard InChI is InChI=1S/C10H20O2.C2H6/c1-7(2)9-5-4-8(3)6-10(9,11)12;1-2/h7-9,11-12H,4-6H2,1-3H3;1-2H3/t8-,9+;/m1./s1. The Morgan fingerprint density at radius 1 is 1.14 bits per heavy atom. The highest BCUT2D eigenvalue weighted by Crippen LogP contribution is 2.39. The van der Waals surface area contributed by atoms with E-state index in [9.17, 15) is 10.2 Å². The van der Waals surface area contributed by atoms with Crippen LogP contribution >= 0.6 is 0 Å². The van der Waals surface area contributed by atoms with Crippen LogP contribution in [-0.4, -0.2) is 16.0 Å². The second-order valence-corrected chi connectivity index (χ2v) is 4.62. The fourth-order valence-corrected chi connectivity index (χ4v) is 2.33. The minimum absolute atomic E-state index is 0.0636. The van der Waals surface area contributed by atoms with Crippen molar-refractivity contribution in [3.8, 4) is 0 Å². The molecule has 0 aromatic heterocycles. The zero-order valence-corrected chi connectivity index (χ0v) is 10.2. The van der Waals surface area contributed by atoms with E-state index in [0.29, 0.717) is 18.3 Å². The zero-order chi connectivity index (χ0) is 11.4. The van der Waals surface area contributed by atoms with Crippen LogP contribution in [0.4, 0.5) is 0 Å². The lowest BCUT2D eigenvalue weighted by Crippen LogP contribution is -2.45. The van der Waals surface area contributed by atoms with Crippen molar-refractivity contribution in [3.63, 3.8) is 0 Å². The largest absolute Gasteiger partial charge is 0.365 e. The van der Waals surface area contributed by atoms with Gasteiger partial charge in [-0.05, 0) is 18.3 Å². The average Bonchev–Trinajstić information content (AvgIpc) is 2.04. The van der Waals surface area contributed by atoms with Crippen LogP contribution in [0.3, 0.4) is 0 Å². The highest BCUT2D eigenvalue weighted by atomic mass is 16.5. The summed E-state index contributed by atoms with van der Waals surface area (Å²) in [5.74, 6) is -0.526. The maximum atomic E-state index is 9.73. The summed E-state index contributed by atoms with van der Waals surface area (Å²) in [4.78, 5) is 0. The van der Waals surface area contributed by atoms with Gasteiger partial charge in [0.1, 0.15) is 0 Å². The Morgan fingerprint density at radius 3 is 2.00 bits per heavy atom. The Balaban J connectivity index is 0.000000791. The van der Waals surface area contributed by atoms with Crippen LogP contribution in [0.15, 0.2) is 0 Å². The molecular weight excluding hydrogens is 176 g/mol. The first-order valence-electron chi connectivity index (χ1n) is 5.88. The molecule has 2 heteroatoms. The van der Waals surface area contributed by atoms with Gasteiger partial charge in [0.15, 0.2) is 5.79 Å². The molecule has 1 saturated carbocycles. The molecule has 1 aliphatic rings. The van der Waals surface area contributed by atoms with Crippen LogP contribution in [0.1, 0.15) is 53.9 Å². The van der Waals surface area contributed by atoms with Crippen LogP contribution in [-0.2, 0) is 0 Å². The lowest BCUT2D eigenvalue weighted by molar-refractivity contribution is -0.234. The van der Waals surface area contributed by atoms with E-state index in [-0.39, 0.29) is 5.92 Å². The zero-order valence-electron chi connectivity index (χ0n) is 10.2. The molecule has 1 fully saturated rings. The highest BCUT2D eigenvalue weighted by molar-refractivity contribution is 4.85. The summed E-state index contributed by atoms with van der Waals surface area (Å²) in [6.07, 6.45) is 2.62. The van der Waals surface area contributed by atoms with Crippen molar-refractivity contribution in [2.45, 2.75) is 59.7 Å². The molecule has 0 amide bonds. The van der Waals surface area contributed by atoms with Gasteiger partial charge in [-0.1, -0.05) is 41.0 Å². The molecule has 0 aromatic rings. The summed E-state index contributed by atoms with van der Waals surface area (Å²) < 4.78 is 0. The van der Waals surface area contributed by atoms with Gasteiger partial charge in [0.05, 0.1) is 0 Å². The van der Waals surface area contributed by atoms with Gasteiger partial charge in [-0.25, -0.2) is 0 Å². The summed E-state index contributed by atoms with van der Waals surface area (Å²) >= 11 is 0. The third-order valence-electron chi connectivity index (χ3n) is 3.02. The van der Waals surface area contributed by atoms with Crippen molar-refractivity contribution >= 4 is 0 Å². The first-order chi connectivity index (χ1) is 6.43. The predicted molar refractivity (Wildman–Crippen MR) is 59.9 cm³/mol. The molecule has 2 nitrogen and oxygen atoms in total. The molecule has 14 heavy (non-hydrogen) atoms. The summed E-state index contributed by atoms with van der Waals surface area (Å²) in [5.41, 5.74) is 0.